The molecule has 0 aromatic heterocycles. The number of urea groups is 1. The van der Waals surface area contributed by atoms with Crippen molar-refractivity contribution < 1.29 is 19.1 Å². The molecule has 6 nitrogen and oxygen atoms in total. The Morgan fingerprint density at radius 1 is 0.829 bits per heavy atom. The van der Waals surface area contributed by atoms with Crippen LogP contribution in [-0.4, -0.2) is 17.8 Å². The molecule has 1 saturated heterocycles. The second-order valence-corrected chi connectivity index (χ2v) is 9.31. The van der Waals surface area contributed by atoms with Crippen LogP contribution in [0.4, 0.5) is 10.5 Å². The van der Waals surface area contributed by atoms with Gasteiger partial charge in [-0.3, -0.25) is 14.9 Å². The lowest BCUT2D eigenvalue weighted by Crippen LogP contribution is -2.54. The van der Waals surface area contributed by atoms with Gasteiger partial charge in [-0.15, -0.1) is 0 Å². The van der Waals surface area contributed by atoms with Gasteiger partial charge in [-0.25, -0.2) is 9.69 Å². The summed E-state index contributed by atoms with van der Waals surface area (Å²) in [6, 6.07) is 13.3. The molecule has 0 bridgehead atoms. The number of carbonyl (C=O) groups is 3. The van der Waals surface area contributed by atoms with Crippen molar-refractivity contribution in [2.75, 3.05) is 4.90 Å². The van der Waals surface area contributed by atoms with Gasteiger partial charge in [0.1, 0.15) is 17.9 Å². The number of ether oxygens (including phenoxy) is 1. The summed E-state index contributed by atoms with van der Waals surface area (Å²) in [5.41, 5.74) is 0.717. The van der Waals surface area contributed by atoms with E-state index in [1.807, 2.05) is 0 Å². The molecule has 1 fully saturated rings. The summed E-state index contributed by atoms with van der Waals surface area (Å²) in [5.74, 6) is -1.61. The predicted octanol–water partition coefficient (Wildman–Crippen LogP) is 7.20. The summed E-state index contributed by atoms with van der Waals surface area (Å²) >= 11 is 30.7. The van der Waals surface area contributed by atoms with E-state index < -0.39 is 17.8 Å². The van der Waals surface area contributed by atoms with Crippen LogP contribution in [-0.2, 0) is 16.2 Å². The number of anilines is 1. The van der Waals surface area contributed by atoms with Crippen molar-refractivity contribution in [3.05, 3.63) is 96.4 Å². The van der Waals surface area contributed by atoms with Crippen molar-refractivity contribution in [1.82, 2.24) is 5.32 Å². The Balaban J connectivity index is 1.73. The second-order valence-electron chi connectivity index (χ2n) is 7.24. The van der Waals surface area contributed by atoms with E-state index in [1.165, 1.54) is 36.4 Å². The molecule has 11 heteroatoms. The number of barbiturate groups is 1. The molecule has 1 aliphatic rings. The predicted molar refractivity (Wildman–Crippen MR) is 138 cm³/mol. The fraction of sp³-hybridized carbons (Fsp3) is 0.0417. The van der Waals surface area contributed by atoms with Gasteiger partial charge in [0.25, 0.3) is 11.8 Å². The zero-order valence-corrected chi connectivity index (χ0v) is 21.2. The minimum absolute atomic E-state index is 0.0607. The topological polar surface area (TPSA) is 75.7 Å². The highest BCUT2D eigenvalue weighted by Gasteiger charge is 2.37. The van der Waals surface area contributed by atoms with Gasteiger partial charge in [0.2, 0.25) is 0 Å². The summed E-state index contributed by atoms with van der Waals surface area (Å²) in [5, 5.41) is 3.39. The minimum atomic E-state index is -0.935. The molecule has 0 spiro atoms. The maximum Gasteiger partial charge on any atom is 0.335 e. The van der Waals surface area contributed by atoms with Crippen LogP contribution in [0.1, 0.15) is 11.1 Å². The summed E-state index contributed by atoms with van der Waals surface area (Å²) < 4.78 is 5.89. The number of carbonyl (C=O) groups excluding carboxylic acids is 3. The lowest BCUT2D eigenvalue weighted by Gasteiger charge is -2.26. The van der Waals surface area contributed by atoms with Gasteiger partial charge in [-0.05, 0) is 42.5 Å². The fourth-order valence-corrected chi connectivity index (χ4v) is 4.32. The first-order valence-electron chi connectivity index (χ1n) is 9.87. The highest BCUT2D eigenvalue weighted by molar-refractivity contribution is 6.43. The zero-order valence-electron chi connectivity index (χ0n) is 17.5. The van der Waals surface area contributed by atoms with Gasteiger partial charge in [0.15, 0.2) is 0 Å². The molecule has 3 aromatic carbocycles. The van der Waals surface area contributed by atoms with E-state index in [4.69, 9.17) is 62.7 Å². The van der Waals surface area contributed by atoms with Crippen molar-refractivity contribution in [3.8, 4) is 5.75 Å². The lowest BCUT2D eigenvalue weighted by molar-refractivity contribution is -0.122. The normalized spacial score (nSPS) is 14.9. The molecule has 1 heterocycles. The molecule has 3 aromatic rings. The smallest absolute Gasteiger partial charge is 0.335 e. The van der Waals surface area contributed by atoms with E-state index in [2.05, 4.69) is 5.32 Å². The van der Waals surface area contributed by atoms with Gasteiger partial charge in [-0.1, -0.05) is 76.2 Å². The van der Waals surface area contributed by atoms with Crippen molar-refractivity contribution in [2.24, 2.45) is 0 Å². The maximum atomic E-state index is 13.2. The Labute approximate surface area is 224 Å². The van der Waals surface area contributed by atoms with Crippen LogP contribution in [0.15, 0.2) is 60.2 Å². The average molecular weight is 571 g/mol. The Bertz CT molecular complexity index is 1410. The number of hydrogen-bond acceptors (Lipinski definition) is 4. The van der Waals surface area contributed by atoms with E-state index in [1.54, 1.807) is 24.3 Å². The third-order valence-corrected chi connectivity index (χ3v) is 6.54. The molecule has 1 N–H and O–H groups in total. The van der Waals surface area contributed by atoms with Crippen molar-refractivity contribution in [3.63, 3.8) is 0 Å². The molecule has 0 unspecified atom stereocenters. The number of hydrogen-bond donors (Lipinski definition) is 1. The SMILES string of the molecule is O=C1NC(=O)N(c2ccc(Cl)c(Cl)c2)C(=O)/C1=C/c1cc(Cl)cc(Cl)c1OCc1ccccc1Cl. The lowest BCUT2D eigenvalue weighted by atomic mass is 10.1. The van der Waals surface area contributed by atoms with Crippen molar-refractivity contribution in [2.45, 2.75) is 6.61 Å². The zero-order chi connectivity index (χ0) is 25.3. The van der Waals surface area contributed by atoms with Gasteiger partial charge in [-0.2, -0.15) is 0 Å². The Hall–Kier alpha value is -2.74. The van der Waals surface area contributed by atoms with Crippen molar-refractivity contribution in [1.29, 1.82) is 0 Å². The van der Waals surface area contributed by atoms with Gasteiger partial charge >= 0.3 is 6.03 Å². The Kier molecular flexibility index (Phi) is 7.59. The number of amides is 4. The highest BCUT2D eigenvalue weighted by Crippen LogP contribution is 2.36. The molecule has 35 heavy (non-hydrogen) atoms. The second kappa shape index (κ2) is 10.5. The number of rotatable bonds is 5. The third-order valence-electron chi connectivity index (χ3n) is 4.93. The molecule has 178 valence electrons. The third kappa shape index (κ3) is 5.42. The van der Waals surface area contributed by atoms with Gasteiger partial charge in [0, 0.05) is 21.2 Å². The number of halogens is 5. The summed E-state index contributed by atoms with van der Waals surface area (Å²) in [7, 11) is 0. The Morgan fingerprint density at radius 3 is 2.29 bits per heavy atom. The van der Waals surface area contributed by atoms with Crippen LogP contribution in [0.25, 0.3) is 6.08 Å². The highest BCUT2D eigenvalue weighted by atomic mass is 35.5. The summed E-state index contributed by atoms with van der Waals surface area (Å²) in [4.78, 5) is 39.1. The number of imide groups is 2. The summed E-state index contributed by atoms with van der Waals surface area (Å²) in [6.07, 6.45) is 1.24. The standard InChI is InChI=1S/C24H13Cl5N2O4/c25-14-7-13(21(20(29)9-14)35-11-12-3-1-2-4-17(12)26)8-16-22(32)30-24(34)31(23(16)33)15-5-6-18(27)19(28)10-15/h1-10H,11H2,(H,30,32,34)/b16-8+. The first-order valence-corrected chi connectivity index (χ1v) is 11.8. The molecule has 0 saturated carbocycles. The van der Waals surface area contributed by atoms with Crippen LogP contribution in [0.2, 0.25) is 25.1 Å². The fourth-order valence-electron chi connectivity index (χ4n) is 3.28. The molecular weight excluding hydrogens is 558 g/mol. The first-order chi connectivity index (χ1) is 16.7. The molecule has 0 radical (unpaired) electrons. The van der Waals surface area contributed by atoms with E-state index in [0.717, 1.165) is 4.90 Å². The summed E-state index contributed by atoms with van der Waals surface area (Å²) in [6.45, 7) is 0.0607. The average Bonchev–Trinajstić information content (AvgIpc) is 2.79. The molecule has 1 aliphatic heterocycles. The number of benzene rings is 3. The minimum Gasteiger partial charge on any atom is -0.487 e. The van der Waals surface area contributed by atoms with Crippen LogP contribution < -0.4 is 15.0 Å². The quantitative estimate of drug-likeness (QED) is 0.260. The van der Waals surface area contributed by atoms with E-state index in [9.17, 15) is 14.4 Å². The van der Waals surface area contributed by atoms with Gasteiger partial charge < -0.3 is 4.74 Å². The van der Waals surface area contributed by atoms with Gasteiger partial charge in [0.05, 0.1) is 20.8 Å². The molecule has 4 amide bonds. The van der Waals surface area contributed by atoms with E-state index >= 15 is 0 Å². The maximum absolute atomic E-state index is 13.2. The first kappa shape index (κ1) is 25.4. The van der Waals surface area contributed by atoms with Crippen LogP contribution >= 0.6 is 58.0 Å². The van der Waals surface area contributed by atoms with Crippen LogP contribution in [0.5, 0.6) is 5.75 Å². The van der Waals surface area contributed by atoms with E-state index in [-0.39, 0.29) is 49.3 Å². The molecule has 4 rings (SSSR count). The number of nitrogens with one attached hydrogen (secondary N) is 1. The molecule has 0 atom stereocenters. The molecular formula is C24H13Cl5N2O4. The number of nitrogens with zero attached hydrogens (tertiary/aromatic N) is 1. The monoisotopic (exact) mass is 568 g/mol. The van der Waals surface area contributed by atoms with Crippen LogP contribution in [0, 0.1) is 0 Å². The van der Waals surface area contributed by atoms with E-state index in [0.29, 0.717) is 10.6 Å². The largest absolute Gasteiger partial charge is 0.487 e. The molecule has 0 aliphatic carbocycles. The van der Waals surface area contributed by atoms with Crippen molar-refractivity contribution >= 4 is 87.6 Å². The van der Waals surface area contributed by atoms with Crippen LogP contribution in [0.3, 0.4) is 0 Å². The Morgan fingerprint density at radius 2 is 1.57 bits per heavy atom.